The van der Waals surface area contributed by atoms with Crippen molar-refractivity contribution in [2.24, 2.45) is 0 Å². The number of benzene rings is 7. The summed E-state index contributed by atoms with van der Waals surface area (Å²) >= 11 is 0. The predicted octanol–water partition coefficient (Wildman–Crippen LogP) is 10.2. The summed E-state index contributed by atoms with van der Waals surface area (Å²) in [6.45, 7) is 0. The monoisotopic (exact) mass is 549 g/mol. The molecule has 0 saturated carbocycles. The van der Waals surface area contributed by atoms with Gasteiger partial charge < -0.3 is 4.42 Å². The molecule has 0 aliphatic rings. The number of nitrogens with zero attached hydrogens (tertiary/aromatic N) is 3. The van der Waals surface area contributed by atoms with Crippen LogP contribution in [0.2, 0.25) is 0 Å². The van der Waals surface area contributed by atoms with E-state index in [9.17, 15) is 0 Å². The lowest BCUT2D eigenvalue weighted by molar-refractivity contribution is 0.669. The Balaban J connectivity index is 1.31. The van der Waals surface area contributed by atoms with Gasteiger partial charge in [0.2, 0.25) is 0 Å². The minimum atomic E-state index is 0.616. The molecule has 9 rings (SSSR count). The van der Waals surface area contributed by atoms with Crippen molar-refractivity contribution < 1.29 is 4.42 Å². The van der Waals surface area contributed by atoms with E-state index in [2.05, 4.69) is 78.9 Å². The summed E-state index contributed by atoms with van der Waals surface area (Å²) in [6.07, 6.45) is 0. The van der Waals surface area contributed by atoms with Crippen LogP contribution in [0.4, 0.5) is 0 Å². The molecule has 0 bridgehead atoms. The molecule has 0 unspecified atom stereocenters. The number of fused-ring (bicyclic) bond motifs is 8. The molecular weight excluding hydrogens is 526 g/mol. The topological polar surface area (TPSA) is 51.8 Å². The number of para-hydroxylation sites is 1. The van der Waals surface area contributed by atoms with Crippen molar-refractivity contribution in [1.29, 1.82) is 0 Å². The summed E-state index contributed by atoms with van der Waals surface area (Å²) in [6, 6.07) is 48.1. The van der Waals surface area contributed by atoms with Crippen LogP contribution in [0.3, 0.4) is 0 Å². The molecule has 0 aliphatic carbocycles. The molecule has 0 radical (unpaired) electrons. The summed E-state index contributed by atoms with van der Waals surface area (Å²) < 4.78 is 6.19. The van der Waals surface area contributed by atoms with Crippen LogP contribution in [-0.4, -0.2) is 15.0 Å². The Bertz CT molecular complexity index is 2510. The maximum absolute atomic E-state index is 6.19. The molecule has 7 aromatic carbocycles. The molecule has 0 aliphatic heterocycles. The molecule has 0 spiro atoms. The van der Waals surface area contributed by atoms with Crippen molar-refractivity contribution in [2.75, 3.05) is 0 Å². The van der Waals surface area contributed by atoms with Gasteiger partial charge in [0.25, 0.3) is 0 Å². The van der Waals surface area contributed by atoms with Crippen LogP contribution in [0.25, 0.3) is 88.4 Å². The normalized spacial score (nSPS) is 11.7. The lowest BCUT2D eigenvalue weighted by atomic mass is 9.96. The number of aromatic nitrogens is 3. The van der Waals surface area contributed by atoms with Gasteiger partial charge in [0.05, 0.1) is 0 Å². The summed E-state index contributed by atoms with van der Waals surface area (Å²) in [7, 11) is 0. The van der Waals surface area contributed by atoms with Crippen molar-refractivity contribution in [3.8, 4) is 34.2 Å². The summed E-state index contributed by atoms with van der Waals surface area (Å²) in [4.78, 5) is 15.1. The van der Waals surface area contributed by atoms with Gasteiger partial charge in [0.15, 0.2) is 17.5 Å². The second-order valence-electron chi connectivity index (χ2n) is 10.8. The van der Waals surface area contributed by atoms with Crippen LogP contribution >= 0.6 is 0 Å². The molecule has 2 heterocycles. The minimum Gasteiger partial charge on any atom is -0.456 e. The van der Waals surface area contributed by atoms with Gasteiger partial charge in [-0.2, -0.15) is 0 Å². The van der Waals surface area contributed by atoms with Crippen molar-refractivity contribution in [2.45, 2.75) is 0 Å². The van der Waals surface area contributed by atoms with E-state index in [-0.39, 0.29) is 0 Å². The van der Waals surface area contributed by atoms with Gasteiger partial charge in [-0.3, -0.25) is 0 Å². The fourth-order valence-corrected chi connectivity index (χ4v) is 6.26. The van der Waals surface area contributed by atoms with E-state index in [1.54, 1.807) is 0 Å². The fourth-order valence-electron chi connectivity index (χ4n) is 6.26. The van der Waals surface area contributed by atoms with E-state index in [0.29, 0.717) is 17.5 Å². The molecule has 0 atom stereocenters. The standard InChI is InChI=1S/C39H23N3O/c1-2-10-26(11-3-1)37-40-38(42-39(41-37)32-14-8-16-35-36(32)31-13-6-7-15-34(31)43-35)27-18-17-25-20-21-29-28-12-5-4-9-24(28)19-22-30(29)33(25)23-27/h1-23H. The number of furan rings is 1. The fraction of sp³-hybridized carbons (Fsp3) is 0. The molecular formula is C39H23N3O. The molecule has 2 aromatic heterocycles. The smallest absolute Gasteiger partial charge is 0.164 e. The molecule has 200 valence electrons. The average Bonchev–Trinajstić information content (AvgIpc) is 3.47. The quantitative estimate of drug-likeness (QED) is 0.206. The Kier molecular flexibility index (Phi) is 5.16. The summed E-state index contributed by atoms with van der Waals surface area (Å²) in [5.74, 6) is 1.88. The van der Waals surface area contributed by atoms with Crippen molar-refractivity contribution in [3.63, 3.8) is 0 Å². The van der Waals surface area contributed by atoms with Crippen molar-refractivity contribution in [3.05, 3.63) is 140 Å². The van der Waals surface area contributed by atoms with Crippen molar-refractivity contribution in [1.82, 2.24) is 15.0 Å². The highest BCUT2D eigenvalue weighted by molar-refractivity contribution is 6.17. The highest BCUT2D eigenvalue weighted by Crippen LogP contribution is 2.37. The van der Waals surface area contributed by atoms with Gasteiger partial charge in [-0.05, 0) is 50.5 Å². The van der Waals surface area contributed by atoms with E-state index in [0.717, 1.165) is 38.6 Å². The molecule has 0 amide bonds. The number of hydrogen-bond acceptors (Lipinski definition) is 4. The zero-order valence-electron chi connectivity index (χ0n) is 23.0. The highest BCUT2D eigenvalue weighted by Gasteiger charge is 2.18. The zero-order chi connectivity index (χ0) is 28.3. The molecule has 9 aromatic rings. The summed E-state index contributed by atoms with van der Waals surface area (Å²) in [5, 5.41) is 9.34. The molecule has 4 heteroatoms. The van der Waals surface area contributed by atoms with E-state index in [1.165, 1.54) is 32.3 Å². The Hall–Kier alpha value is -5.87. The molecule has 4 nitrogen and oxygen atoms in total. The van der Waals surface area contributed by atoms with Gasteiger partial charge in [-0.1, -0.05) is 121 Å². The second-order valence-corrected chi connectivity index (χ2v) is 10.8. The third kappa shape index (κ3) is 3.81. The van der Waals surface area contributed by atoms with E-state index in [1.807, 2.05) is 60.7 Å². The van der Waals surface area contributed by atoms with Crippen LogP contribution in [-0.2, 0) is 0 Å². The Morgan fingerprint density at radius 1 is 0.372 bits per heavy atom. The van der Waals surface area contributed by atoms with Crippen LogP contribution < -0.4 is 0 Å². The molecule has 0 saturated heterocycles. The third-order valence-electron chi connectivity index (χ3n) is 8.31. The van der Waals surface area contributed by atoms with Gasteiger partial charge in [0.1, 0.15) is 11.2 Å². The highest BCUT2D eigenvalue weighted by atomic mass is 16.3. The van der Waals surface area contributed by atoms with Gasteiger partial charge in [-0.25, -0.2) is 15.0 Å². The van der Waals surface area contributed by atoms with Crippen LogP contribution in [0, 0.1) is 0 Å². The van der Waals surface area contributed by atoms with Crippen LogP contribution in [0.15, 0.2) is 144 Å². The largest absolute Gasteiger partial charge is 0.456 e. The SMILES string of the molecule is c1ccc(-c2nc(-c3ccc4ccc5c6ccccc6ccc5c4c3)nc(-c3cccc4oc5ccccc5c34)n2)cc1. The second kappa shape index (κ2) is 9.33. The maximum Gasteiger partial charge on any atom is 0.164 e. The molecule has 0 fully saturated rings. The number of hydrogen-bond donors (Lipinski definition) is 0. The third-order valence-corrected chi connectivity index (χ3v) is 8.31. The zero-order valence-corrected chi connectivity index (χ0v) is 23.0. The lowest BCUT2D eigenvalue weighted by Crippen LogP contribution is -2.00. The first-order valence-corrected chi connectivity index (χ1v) is 14.4. The van der Waals surface area contributed by atoms with Crippen LogP contribution in [0.1, 0.15) is 0 Å². The first kappa shape index (κ1) is 23.8. The number of rotatable bonds is 3. The first-order valence-electron chi connectivity index (χ1n) is 14.4. The predicted molar refractivity (Wildman–Crippen MR) is 176 cm³/mol. The average molecular weight is 550 g/mol. The maximum atomic E-state index is 6.19. The first-order chi connectivity index (χ1) is 21.3. The van der Waals surface area contributed by atoms with Gasteiger partial charge in [-0.15, -0.1) is 0 Å². The van der Waals surface area contributed by atoms with Crippen molar-refractivity contribution >= 4 is 54.3 Å². The Morgan fingerprint density at radius 3 is 1.86 bits per heavy atom. The molecule has 0 N–H and O–H groups in total. The lowest BCUT2D eigenvalue weighted by Gasteiger charge is -2.11. The van der Waals surface area contributed by atoms with Crippen LogP contribution in [0.5, 0.6) is 0 Å². The van der Waals surface area contributed by atoms with Gasteiger partial charge in [0, 0.05) is 27.5 Å². The Morgan fingerprint density at radius 2 is 1.00 bits per heavy atom. The van der Waals surface area contributed by atoms with Gasteiger partial charge >= 0.3 is 0 Å². The summed E-state index contributed by atoms with van der Waals surface area (Å²) in [5.41, 5.74) is 4.45. The van der Waals surface area contributed by atoms with E-state index < -0.39 is 0 Å². The minimum absolute atomic E-state index is 0.616. The Labute approximate surface area is 246 Å². The molecule has 43 heavy (non-hydrogen) atoms. The van der Waals surface area contributed by atoms with E-state index >= 15 is 0 Å². The van der Waals surface area contributed by atoms with E-state index in [4.69, 9.17) is 19.4 Å².